The molecule has 0 aliphatic carbocycles. The van der Waals surface area contributed by atoms with Gasteiger partial charge in [0.05, 0.1) is 0 Å². The Morgan fingerprint density at radius 1 is 0.545 bits per heavy atom. The van der Waals surface area contributed by atoms with E-state index < -0.39 is 47.6 Å². The lowest BCUT2D eigenvalue weighted by molar-refractivity contribution is -0.141. The highest BCUT2D eigenvalue weighted by Gasteiger charge is 2.42. The lowest BCUT2D eigenvalue weighted by atomic mass is 10.0. The summed E-state index contributed by atoms with van der Waals surface area (Å²) in [5, 5.41) is 5.90. The van der Waals surface area contributed by atoms with Gasteiger partial charge in [0, 0.05) is 49.7 Å². The molecular formula is C52H60N6O8. The fourth-order valence-electron chi connectivity index (χ4n) is 8.00. The SMILES string of the molecule is CN(C(=O)OC(C)(C)C)[C@@H](C(=O)N1CCC[C@H]1C(=O)Nc1ccc(C#Cc2ccc(NC(=O)[C@@H]3CCCN3C(=O)[C@@H](c3ccccc3)N(C)C(=O)OC(C)(C)C)cc2)cc1)c1ccccc1. The van der Waals surface area contributed by atoms with Crippen LogP contribution in [0.1, 0.15) is 102 Å². The topological polar surface area (TPSA) is 158 Å². The molecule has 2 aliphatic heterocycles. The zero-order chi connectivity index (χ0) is 47.8. The monoisotopic (exact) mass is 896 g/mol. The van der Waals surface area contributed by atoms with Gasteiger partial charge in [0.25, 0.3) is 11.8 Å². The van der Waals surface area contributed by atoms with E-state index in [4.69, 9.17) is 9.47 Å². The van der Waals surface area contributed by atoms with E-state index in [0.717, 1.165) is 0 Å². The van der Waals surface area contributed by atoms with E-state index >= 15 is 0 Å². The summed E-state index contributed by atoms with van der Waals surface area (Å²) in [5.41, 5.74) is 2.21. The van der Waals surface area contributed by atoms with Crippen LogP contribution < -0.4 is 10.6 Å². The predicted molar refractivity (Wildman–Crippen MR) is 252 cm³/mol. The van der Waals surface area contributed by atoms with Crippen molar-refractivity contribution in [2.24, 2.45) is 0 Å². The highest BCUT2D eigenvalue weighted by Crippen LogP contribution is 2.31. The van der Waals surface area contributed by atoms with Crippen LogP contribution in [0.15, 0.2) is 109 Å². The summed E-state index contributed by atoms with van der Waals surface area (Å²) in [6, 6.07) is 28.7. The van der Waals surface area contributed by atoms with Crippen LogP contribution >= 0.6 is 0 Å². The minimum Gasteiger partial charge on any atom is -0.444 e. The largest absolute Gasteiger partial charge is 0.444 e. The summed E-state index contributed by atoms with van der Waals surface area (Å²) in [6.07, 6.45) is 0.940. The summed E-state index contributed by atoms with van der Waals surface area (Å²) in [5.74, 6) is 4.89. The molecule has 0 spiro atoms. The number of hydrogen-bond acceptors (Lipinski definition) is 8. The molecule has 0 saturated carbocycles. The second-order valence-corrected chi connectivity index (χ2v) is 18.6. The van der Waals surface area contributed by atoms with E-state index in [9.17, 15) is 28.8 Å². The van der Waals surface area contributed by atoms with E-state index in [1.165, 1.54) is 23.9 Å². The number of ether oxygens (including phenoxy) is 2. The van der Waals surface area contributed by atoms with Crippen molar-refractivity contribution in [2.75, 3.05) is 37.8 Å². The van der Waals surface area contributed by atoms with Gasteiger partial charge >= 0.3 is 12.2 Å². The second-order valence-electron chi connectivity index (χ2n) is 18.6. The number of carbonyl (C=O) groups is 6. The van der Waals surface area contributed by atoms with Crippen LogP contribution in [-0.4, -0.2) is 106 Å². The minimum absolute atomic E-state index is 0.326. The molecule has 0 aromatic heterocycles. The second kappa shape index (κ2) is 20.8. The maximum Gasteiger partial charge on any atom is 0.410 e. The average Bonchev–Trinajstić information content (AvgIpc) is 3.98. The molecular weight excluding hydrogens is 837 g/mol. The van der Waals surface area contributed by atoms with E-state index in [-0.39, 0.29) is 23.6 Å². The Morgan fingerprint density at radius 2 is 0.879 bits per heavy atom. The fourth-order valence-corrected chi connectivity index (χ4v) is 8.00. The first-order valence-electron chi connectivity index (χ1n) is 22.3. The van der Waals surface area contributed by atoms with Crippen LogP contribution in [0.2, 0.25) is 0 Å². The number of amides is 6. The van der Waals surface area contributed by atoms with Crippen LogP contribution in [0.3, 0.4) is 0 Å². The van der Waals surface area contributed by atoms with E-state index in [1.807, 2.05) is 12.1 Å². The Kier molecular flexibility index (Phi) is 15.2. The minimum atomic E-state index is -0.983. The molecule has 4 aromatic rings. The number of nitrogens with one attached hydrogen (secondary N) is 2. The van der Waals surface area contributed by atoms with Gasteiger partial charge in [-0.15, -0.1) is 0 Å². The predicted octanol–water partition coefficient (Wildman–Crippen LogP) is 8.16. The summed E-state index contributed by atoms with van der Waals surface area (Å²) in [7, 11) is 3.06. The molecule has 2 aliphatic rings. The number of hydrogen-bond donors (Lipinski definition) is 2. The number of likely N-dealkylation sites (tertiary alicyclic amines) is 2. The highest BCUT2D eigenvalue weighted by molar-refractivity contribution is 6.00. The van der Waals surface area contributed by atoms with Crippen LogP contribution in [0.25, 0.3) is 0 Å². The van der Waals surface area contributed by atoms with Gasteiger partial charge in [0.2, 0.25) is 11.8 Å². The van der Waals surface area contributed by atoms with E-state index in [0.29, 0.717) is 72.4 Å². The number of carbonyl (C=O) groups excluding carboxylic acids is 6. The van der Waals surface area contributed by atoms with Gasteiger partial charge in [-0.1, -0.05) is 72.5 Å². The first kappa shape index (κ1) is 48.3. The quantitative estimate of drug-likeness (QED) is 0.151. The van der Waals surface area contributed by atoms with Crippen molar-refractivity contribution in [3.8, 4) is 11.8 Å². The fraction of sp³-hybridized carbons (Fsp3) is 0.385. The maximum absolute atomic E-state index is 14.2. The standard InChI is InChI=1S/C52H60N6O8/c1-51(2,3)65-49(63)55(7)43(37-17-11-9-12-18-37)47(61)57-33-15-21-41(57)45(59)53-39-29-25-35(26-30-39)23-24-36-27-31-40(32-28-36)54-46(60)42-22-16-34-58(42)48(62)44(38-19-13-10-14-20-38)56(8)50(64)66-52(4,5)6/h9-14,17-20,25-32,41-44H,15-16,21-22,33-34H2,1-8H3,(H,53,59)(H,54,60)/t41-,42-,43+,44+/m0/s1. The van der Waals surface area contributed by atoms with Gasteiger partial charge in [-0.3, -0.25) is 29.0 Å². The lowest BCUT2D eigenvalue weighted by Crippen LogP contribution is -2.49. The molecule has 14 heteroatoms. The number of rotatable bonds is 10. The van der Waals surface area contributed by atoms with E-state index in [1.54, 1.807) is 148 Å². The Balaban J connectivity index is 1.06. The van der Waals surface area contributed by atoms with Crippen molar-refractivity contribution in [2.45, 2.75) is 103 Å². The highest BCUT2D eigenvalue weighted by atomic mass is 16.6. The Bertz CT molecular complexity index is 2270. The Morgan fingerprint density at radius 3 is 1.20 bits per heavy atom. The third-order valence-corrected chi connectivity index (χ3v) is 11.2. The molecule has 4 aromatic carbocycles. The maximum atomic E-state index is 14.2. The summed E-state index contributed by atoms with van der Waals surface area (Å²) in [6.45, 7) is 11.3. The molecule has 2 N–H and O–H groups in total. The molecule has 0 bridgehead atoms. The third-order valence-electron chi connectivity index (χ3n) is 11.2. The van der Waals surface area contributed by atoms with Gasteiger partial charge in [0.15, 0.2) is 0 Å². The van der Waals surface area contributed by atoms with Crippen molar-refractivity contribution in [1.29, 1.82) is 0 Å². The van der Waals surface area contributed by atoms with Crippen molar-refractivity contribution in [3.63, 3.8) is 0 Å². The summed E-state index contributed by atoms with van der Waals surface area (Å²) >= 11 is 0. The average molecular weight is 897 g/mol. The summed E-state index contributed by atoms with van der Waals surface area (Å²) in [4.78, 5) is 87.6. The Labute approximate surface area is 387 Å². The first-order chi connectivity index (χ1) is 31.3. The smallest absolute Gasteiger partial charge is 0.410 e. The Hall–Kier alpha value is -7.14. The van der Waals surface area contributed by atoms with Crippen LogP contribution in [0.4, 0.5) is 21.0 Å². The van der Waals surface area contributed by atoms with Gasteiger partial charge in [-0.2, -0.15) is 0 Å². The van der Waals surface area contributed by atoms with Crippen molar-refractivity contribution in [1.82, 2.24) is 19.6 Å². The van der Waals surface area contributed by atoms with Gasteiger partial charge in [-0.25, -0.2) is 9.59 Å². The lowest BCUT2D eigenvalue weighted by Gasteiger charge is -2.34. The van der Waals surface area contributed by atoms with Gasteiger partial charge in [-0.05, 0) is 127 Å². The zero-order valence-corrected chi connectivity index (χ0v) is 39.0. The van der Waals surface area contributed by atoms with E-state index in [2.05, 4.69) is 22.5 Å². The molecule has 2 fully saturated rings. The molecule has 66 heavy (non-hydrogen) atoms. The molecule has 2 saturated heterocycles. The third kappa shape index (κ3) is 12.3. The zero-order valence-electron chi connectivity index (χ0n) is 39.0. The number of benzene rings is 4. The van der Waals surface area contributed by atoms with Crippen LogP contribution in [0.5, 0.6) is 0 Å². The van der Waals surface area contributed by atoms with Crippen molar-refractivity contribution >= 4 is 47.2 Å². The molecule has 0 unspecified atom stereocenters. The van der Waals surface area contributed by atoms with Gasteiger partial charge in [0.1, 0.15) is 35.4 Å². The van der Waals surface area contributed by atoms with Crippen molar-refractivity contribution in [3.05, 3.63) is 131 Å². The van der Waals surface area contributed by atoms with Crippen molar-refractivity contribution < 1.29 is 38.2 Å². The molecule has 0 radical (unpaired) electrons. The van der Waals surface area contributed by atoms with Gasteiger partial charge < -0.3 is 29.9 Å². The molecule has 6 amide bonds. The molecule has 14 nitrogen and oxygen atoms in total. The number of anilines is 2. The first-order valence-corrected chi connectivity index (χ1v) is 22.3. The molecule has 346 valence electrons. The molecule has 6 rings (SSSR count). The molecule has 4 atom stereocenters. The van der Waals surface area contributed by atoms with Crippen LogP contribution in [-0.2, 0) is 28.7 Å². The van der Waals surface area contributed by atoms with Crippen LogP contribution in [0, 0.1) is 11.8 Å². The molecule has 2 heterocycles. The number of nitrogens with zero attached hydrogens (tertiary/aromatic N) is 4. The number of likely N-dealkylation sites (N-methyl/N-ethyl adjacent to an activating group) is 2. The normalized spacial score (nSPS) is 16.8. The summed E-state index contributed by atoms with van der Waals surface area (Å²) < 4.78 is 11.2.